The van der Waals surface area contributed by atoms with Gasteiger partial charge in [-0.15, -0.1) is 11.8 Å². The number of hydrogen-bond donors (Lipinski definition) is 2. The van der Waals surface area contributed by atoms with Gasteiger partial charge in [0.15, 0.2) is 0 Å². The van der Waals surface area contributed by atoms with Gasteiger partial charge in [-0.25, -0.2) is 0 Å². The molecular weight excluding hydrogens is 394 g/mol. The van der Waals surface area contributed by atoms with Crippen LogP contribution < -0.4 is 10.6 Å². The number of allylic oxidation sites excluding steroid dienone is 1. The van der Waals surface area contributed by atoms with E-state index in [1.54, 1.807) is 30.3 Å². The van der Waals surface area contributed by atoms with Gasteiger partial charge in [0, 0.05) is 17.1 Å². The third-order valence-electron chi connectivity index (χ3n) is 4.88. The van der Waals surface area contributed by atoms with Gasteiger partial charge in [0.2, 0.25) is 5.91 Å². The summed E-state index contributed by atoms with van der Waals surface area (Å²) < 4.78 is 0. The Balaban J connectivity index is 1.52. The summed E-state index contributed by atoms with van der Waals surface area (Å²) in [6.45, 7) is 0.624. The minimum absolute atomic E-state index is 0.114. The lowest BCUT2D eigenvalue weighted by molar-refractivity contribution is -0.113. The number of rotatable bonds is 8. The normalized spacial score (nSPS) is 13.1. The topological polar surface area (TPSA) is 82.0 Å². The highest BCUT2D eigenvalue weighted by Crippen LogP contribution is 2.23. The molecule has 3 rings (SSSR count). The highest BCUT2D eigenvalue weighted by Gasteiger charge is 2.13. The molecule has 0 unspecified atom stereocenters. The number of hydrogen-bond acceptors (Lipinski definition) is 4. The predicted octanol–water partition coefficient (Wildman–Crippen LogP) is 4.91. The summed E-state index contributed by atoms with van der Waals surface area (Å²) >= 11 is 1.32. The van der Waals surface area contributed by atoms with E-state index in [-0.39, 0.29) is 17.6 Å². The van der Waals surface area contributed by atoms with Crippen molar-refractivity contribution in [1.82, 2.24) is 5.32 Å². The summed E-state index contributed by atoms with van der Waals surface area (Å²) in [5, 5.41) is 14.7. The Morgan fingerprint density at radius 1 is 1.10 bits per heavy atom. The molecule has 0 fully saturated rings. The second kappa shape index (κ2) is 11.2. The lowest BCUT2D eigenvalue weighted by atomic mass is 9.97. The first-order valence-electron chi connectivity index (χ1n) is 10.1. The third-order valence-corrected chi connectivity index (χ3v) is 5.96. The van der Waals surface area contributed by atoms with Crippen molar-refractivity contribution < 1.29 is 9.59 Å². The zero-order chi connectivity index (χ0) is 21.2. The van der Waals surface area contributed by atoms with Crippen LogP contribution in [0.5, 0.6) is 0 Å². The van der Waals surface area contributed by atoms with E-state index in [0.717, 1.165) is 24.2 Å². The molecule has 0 spiro atoms. The molecule has 2 aromatic rings. The lowest BCUT2D eigenvalue weighted by Gasteiger charge is -2.14. The summed E-state index contributed by atoms with van der Waals surface area (Å²) in [6.07, 6.45) is 7.97. The molecule has 0 aromatic heterocycles. The molecule has 0 atom stereocenters. The van der Waals surface area contributed by atoms with Crippen LogP contribution >= 0.6 is 11.8 Å². The maximum absolute atomic E-state index is 12.6. The van der Waals surface area contributed by atoms with Crippen LogP contribution in [-0.2, 0) is 4.79 Å². The number of anilines is 1. The van der Waals surface area contributed by atoms with Gasteiger partial charge in [0.25, 0.3) is 5.91 Å². The highest BCUT2D eigenvalue weighted by molar-refractivity contribution is 8.00. The molecule has 0 aliphatic heterocycles. The number of nitriles is 1. The molecule has 1 aliphatic rings. The third kappa shape index (κ3) is 6.50. The van der Waals surface area contributed by atoms with Gasteiger partial charge in [0.05, 0.1) is 22.9 Å². The Labute approximate surface area is 181 Å². The first-order chi connectivity index (χ1) is 14.7. The van der Waals surface area contributed by atoms with Gasteiger partial charge >= 0.3 is 0 Å². The van der Waals surface area contributed by atoms with Crippen molar-refractivity contribution in [2.24, 2.45) is 0 Å². The van der Waals surface area contributed by atoms with Crippen molar-refractivity contribution in [3.8, 4) is 6.07 Å². The summed E-state index contributed by atoms with van der Waals surface area (Å²) in [5.74, 6) is -0.125. The maximum Gasteiger partial charge on any atom is 0.252 e. The van der Waals surface area contributed by atoms with E-state index in [1.165, 1.54) is 30.2 Å². The second-order valence-electron chi connectivity index (χ2n) is 7.14. The van der Waals surface area contributed by atoms with Crippen molar-refractivity contribution in [3.63, 3.8) is 0 Å². The van der Waals surface area contributed by atoms with Gasteiger partial charge in [0.1, 0.15) is 0 Å². The van der Waals surface area contributed by atoms with Crippen LogP contribution in [0.2, 0.25) is 0 Å². The van der Waals surface area contributed by atoms with Crippen LogP contribution in [0.1, 0.15) is 48.0 Å². The molecule has 5 nitrogen and oxygen atoms in total. The molecule has 0 saturated heterocycles. The van der Waals surface area contributed by atoms with Crippen LogP contribution in [0.15, 0.2) is 65.1 Å². The van der Waals surface area contributed by atoms with Crippen LogP contribution in [0.25, 0.3) is 0 Å². The van der Waals surface area contributed by atoms with Gasteiger partial charge in [-0.1, -0.05) is 29.8 Å². The minimum Gasteiger partial charge on any atom is -0.352 e. The van der Waals surface area contributed by atoms with Gasteiger partial charge in [-0.2, -0.15) is 5.26 Å². The van der Waals surface area contributed by atoms with Crippen LogP contribution in [0.3, 0.4) is 0 Å². The van der Waals surface area contributed by atoms with E-state index in [1.807, 2.05) is 18.2 Å². The molecule has 2 aromatic carbocycles. The molecule has 0 saturated carbocycles. The van der Waals surface area contributed by atoms with Crippen LogP contribution in [0.4, 0.5) is 5.69 Å². The van der Waals surface area contributed by atoms with Crippen molar-refractivity contribution in [1.29, 1.82) is 5.26 Å². The number of nitrogens with zero attached hydrogens (tertiary/aromatic N) is 1. The number of carbonyl (C=O) groups excluding carboxylic acids is 2. The average Bonchev–Trinajstić information content (AvgIpc) is 2.78. The van der Waals surface area contributed by atoms with Crippen molar-refractivity contribution in [3.05, 3.63) is 71.3 Å². The van der Waals surface area contributed by atoms with E-state index >= 15 is 0 Å². The number of benzene rings is 2. The minimum atomic E-state index is -0.186. The quantitative estimate of drug-likeness (QED) is 0.470. The highest BCUT2D eigenvalue weighted by atomic mass is 32.2. The van der Waals surface area contributed by atoms with Gasteiger partial charge < -0.3 is 10.6 Å². The lowest BCUT2D eigenvalue weighted by Crippen LogP contribution is -2.25. The summed E-state index contributed by atoms with van der Waals surface area (Å²) in [7, 11) is 0. The molecule has 0 heterocycles. The zero-order valence-electron chi connectivity index (χ0n) is 16.8. The molecule has 2 N–H and O–H groups in total. The molecular formula is C24H25N3O2S. The Bertz CT molecular complexity index is 978. The number of amides is 2. The van der Waals surface area contributed by atoms with Crippen LogP contribution in [0, 0.1) is 11.3 Å². The van der Waals surface area contributed by atoms with Crippen molar-refractivity contribution in [2.75, 3.05) is 17.6 Å². The number of thioether (sulfide) groups is 1. The van der Waals surface area contributed by atoms with E-state index in [9.17, 15) is 9.59 Å². The molecule has 0 radical (unpaired) electrons. The second-order valence-corrected chi connectivity index (χ2v) is 8.16. The fourth-order valence-corrected chi connectivity index (χ4v) is 4.20. The average molecular weight is 420 g/mol. The van der Waals surface area contributed by atoms with E-state index in [4.69, 9.17) is 5.26 Å². The summed E-state index contributed by atoms with van der Waals surface area (Å²) in [6, 6.07) is 16.2. The Kier molecular flexibility index (Phi) is 8.10. The van der Waals surface area contributed by atoms with E-state index in [0.29, 0.717) is 23.4 Å². The summed E-state index contributed by atoms with van der Waals surface area (Å²) in [5.41, 5.74) is 3.09. The first kappa shape index (κ1) is 21.7. The predicted molar refractivity (Wildman–Crippen MR) is 120 cm³/mol. The molecule has 1 aliphatic carbocycles. The molecule has 6 heteroatoms. The zero-order valence-corrected chi connectivity index (χ0v) is 17.6. The van der Waals surface area contributed by atoms with E-state index in [2.05, 4.69) is 22.8 Å². The molecule has 0 bridgehead atoms. The summed E-state index contributed by atoms with van der Waals surface area (Å²) in [4.78, 5) is 25.7. The smallest absolute Gasteiger partial charge is 0.252 e. The number of nitrogens with one attached hydrogen (secondary N) is 2. The Morgan fingerprint density at radius 2 is 1.97 bits per heavy atom. The Hall–Kier alpha value is -3.04. The molecule has 154 valence electrons. The van der Waals surface area contributed by atoms with E-state index < -0.39 is 0 Å². The monoisotopic (exact) mass is 419 g/mol. The fourth-order valence-electron chi connectivity index (χ4n) is 3.35. The molecule has 2 amide bonds. The van der Waals surface area contributed by atoms with Crippen molar-refractivity contribution in [2.45, 2.75) is 37.0 Å². The largest absolute Gasteiger partial charge is 0.352 e. The van der Waals surface area contributed by atoms with Crippen molar-refractivity contribution >= 4 is 29.3 Å². The number of carbonyl (C=O) groups is 2. The first-order valence-corrected chi connectivity index (χ1v) is 11.1. The maximum atomic E-state index is 12.6. The van der Waals surface area contributed by atoms with Gasteiger partial charge in [-0.3, -0.25) is 9.59 Å². The van der Waals surface area contributed by atoms with Gasteiger partial charge in [-0.05, 0) is 62.4 Å². The fraction of sp³-hybridized carbons (Fsp3) is 0.292. The SMILES string of the molecule is N#Cc1cccc(NC(=O)CSc2ccccc2C(=O)NCCC2=CCCCC2)c1. The molecule has 30 heavy (non-hydrogen) atoms. The van der Waals surface area contributed by atoms with Crippen LogP contribution in [-0.4, -0.2) is 24.1 Å². The standard InChI is InChI=1S/C24H25N3O2S/c25-16-19-9-6-10-20(15-19)27-23(28)17-30-22-12-5-4-11-21(22)24(29)26-14-13-18-7-2-1-3-8-18/h4-7,9-12,15H,1-3,8,13-14,17H2,(H,26,29)(H,27,28). The Morgan fingerprint density at radius 3 is 2.77 bits per heavy atom.